The van der Waals surface area contributed by atoms with E-state index in [1.165, 1.54) is 0 Å². The van der Waals surface area contributed by atoms with Crippen molar-refractivity contribution < 1.29 is 27.9 Å². The largest absolute Gasteiger partial charge is 0.479 e. The number of hydrogen-bond donors (Lipinski definition) is 2. The smallest absolute Gasteiger partial charge is 0.422 e. The fourth-order valence-electron chi connectivity index (χ4n) is 1.84. The SMILES string of the molecule is CCC(C(=O)NC(C)(C(=O)O)C(F)(F)F)c1ccccc1. The topological polar surface area (TPSA) is 66.4 Å². The number of benzene rings is 1. The Hall–Kier alpha value is -2.05. The zero-order chi connectivity index (χ0) is 16.3. The number of rotatable bonds is 5. The van der Waals surface area contributed by atoms with Crippen LogP contribution in [-0.4, -0.2) is 28.7 Å². The first-order chi connectivity index (χ1) is 9.63. The van der Waals surface area contributed by atoms with E-state index in [9.17, 15) is 22.8 Å². The summed E-state index contributed by atoms with van der Waals surface area (Å²) in [6.45, 7) is 2.08. The predicted octanol–water partition coefficient (Wildman–Crippen LogP) is 2.70. The third-order valence-corrected chi connectivity index (χ3v) is 3.29. The second-order valence-electron chi connectivity index (χ2n) is 4.79. The molecule has 2 N–H and O–H groups in total. The number of alkyl halides is 3. The number of carboxylic acid groups (broad SMARTS) is 1. The van der Waals surface area contributed by atoms with E-state index in [1.807, 2.05) is 0 Å². The molecule has 0 heterocycles. The summed E-state index contributed by atoms with van der Waals surface area (Å²) in [6, 6.07) is 8.25. The second-order valence-corrected chi connectivity index (χ2v) is 4.79. The molecular weight excluding hydrogens is 287 g/mol. The zero-order valence-corrected chi connectivity index (χ0v) is 11.6. The third-order valence-electron chi connectivity index (χ3n) is 3.29. The van der Waals surface area contributed by atoms with Crippen LogP contribution >= 0.6 is 0 Å². The molecule has 0 radical (unpaired) electrons. The fraction of sp³-hybridized carbons (Fsp3) is 0.429. The highest BCUT2D eigenvalue weighted by molar-refractivity contribution is 5.90. The van der Waals surface area contributed by atoms with Crippen LogP contribution in [0.4, 0.5) is 13.2 Å². The van der Waals surface area contributed by atoms with Gasteiger partial charge in [0.05, 0.1) is 5.92 Å². The standard InChI is InChI=1S/C14H16F3NO3/c1-3-10(9-7-5-4-6-8-9)11(19)18-13(2,12(20)21)14(15,16)17/h4-8,10H,3H2,1-2H3,(H,18,19)(H,20,21). The molecule has 0 spiro atoms. The van der Waals surface area contributed by atoms with Gasteiger partial charge in [0, 0.05) is 0 Å². The summed E-state index contributed by atoms with van der Waals surface area (Å²) < 4.78 is 38.7. The first kappa shape index (κ1) is 17.0. The van der Waals surface area contributed by atoms with Crippen LogP contribution in [0.1, 0.15) is 31.7 Å². The normalized spacial score (nSPS) is 15.9. The van der Waals surface area contributed by atoms with Crippen LogP contribution in [0.2, 0.25) is 0 Å². The molecule has 4 nitrogen and oxygen atoms in total. The highest BCUT2D eigenvalue weighted by Gasteiger charge is 2.58. The van der Waals surface area contributed by atoms with Crippen LogP contribution in [0.25, 0.3) is 0 Å². The highest BCUT2D eigenvalue weighted by Crippen LogP contribution is 2.31. The van der Waals surface area contributed by atoms with Crippen molar-refractivity contribution in [2.75, 3.05) is 0 Å². The van der Waals surface area contributed by atoms with Crippen LogP contribution in [0.15, 0.2) is 30.3 Å². The van der Waals surface area contributed by atoms with E-state index in [0.29, 0.717) is 12.5 Å². The van der Waals surface area contributed by atoms with Crippen molar-refractivity contribution in [3.05, 3.63) is 35.9 Å². The minimum atomic E-state index is -5.09. The van der Waals surface area contributed by atoms with Gasteiger partial charge in [-0.25, -0.2) is 4.79 Å². The van der Waals surface area contributed by atoms with Gasteiger partial charge in [0.15, 0.2) is 0 Å². The molecule has 1 aromatic rings. The molecule has 0 bridgehead atoms. The number of halogens is 3. The summed E-state index contributed by atoms with van der Waals surface area (Å²) in [6.07, 6.45) is -4.84. The Morgan fingerprint density at radius 3 is 2.14 bits per heavy atom. The van der Waals surface area contributed by atoms with E-state index < -0.39 is 29.5 Å². The quantitative estimate of drug-likeness (QED) is 0.879. The molecule has 0 fully saturated rings. The van der Waals surface area contributed by atoms with E-state index in [0.717, 1.165) is 0 Å². The number of carboxylic acids is 1. The van der Waals surface area contributed by atoms with Gasteiger partial charge in [-0.05, 0) is 18.9 Å². The summed E-state index contributed by atoms with van der Waals surface area (Å²) in [7, 11) is 0. The maximum Gasteiger partial charge on any atom is 0.422 e. The van der Waals surface area contributed by atoms with E-state index in [1.54, 1.807) is 42.6 Å². The van der Waals surface area contributed by atoms with Crippen molar-refractivity contribution in [3.8, 4) is 0 Å². The first-order valence-electron chi connectivity index (χ1n) is 6.30. The fourth-order valence-corrected chi connectivity index (χ4v) is 1.84. The predicted molar refractivity (Wildman–Crippen MR) is 69.7 cm³/mol. The van der Waals surface area contributed by atoms with Gasteiger partial charge in [-0.3, -0.25) is 4.79 Å². The molecule has 0 aromatic heterocycles. The van der Waals surface area contributed by atoms with E-state index in [4.69, 9.17) is 5.11 Å². The molecule has 0 aliphatic rings. The summed E-state index contributed by atoms with van der Waals surface area (Å²) in [4.78, 5) is 23.0. The van der Waals surface area contributed by atoms with Crippen molar-refractivity contribution in [2.45, 2.75) is 37.9 Å². The molecule has 0 saturated carbocycles. The van der Waals surface area contributed by atoms with Crippen molar-refractivity contribution in [3.63, 3.8) is 0 Å². The third kappa shape index (κ3) is 3.53. The van der Waals surface area contributed by atoms with Gasteiger partial charge in [0.2, 0.25) is 11.4 Å². The van der Waals surface area contributed by atoms with Gasteiger partial charge in [0.1, 0.15) is 0 Å². The van der Waals surface area contributed by atoms with Crippen molar-refractivity contribution in [1.29, 1.82) is 0 Å². The average Bonchev–Trinajstić information content (AvgIpc) is 2.39. The minimum Gasteiger partial charge on any atom is -0.479 e. The Labute approximate surface area is 120 Å². The highest BCUT2D eigenvalue weighted by atomic mass is 19.4. The molecule has 2 atom stereocenters. The van der Waals surface area contributed by atoms with Crippen LogP contribution < -0.4 is 5.32 Å². The summed E-state index contributed by atoms with van der Waals surface area (Å²) >= 11 is 0. The molecule has 0 aliphatic carbocycles. The van der Waals surface area contributed by atoms with E-state index in [2.05, 4.69) is 0 Å². The van der Waals surface area contributed by atoms with E-state index in [-0.39, 0.29) is 6.42 Å². The molecule has 0 saturated heterocycles. The van der Waals surface area contributed by atoms with Gasteiger partial charge in [-0.15, -0.1) is 0 Å². The first-order valence-corrected chi connectivity index (χ1v) is 6.30. The molecule has 1 aromatic carbocycles. The Bertz CT molecular complexity index is 516. The van der Waals surface area contributed by atoms with Crippen molar-refractivity contribution in [1.82, 2.24) is 5.32 Å². The Kier molecular flexibility index (Phi) is 4.98. The van der Waals surface area contributed by atoms with Crippen LogP contribution in [0, 0.1) is 0 Å². The van der Waals surface area contributed by atoms with Gasteiger partial charge in [-0.2, -0.15) is 13.2 Å². The number of nitrogens with one attached hydrogen (secondary N) is 1. The Morgan fingerprint density at radius 2 is 1.76 bits per heavy atom. The minimum absolute atomic E-state index is 0.253. The lowest BCUT2D eigenvalue weighted by molar-refractivity contribution is -0.207. The van der Waals surface area contributed by atoms with Gasteiger partial charge in [-0.1, -0.05) is 37.3 Å². The molecule has 21 heavy (non-hydrogen) atoms. The number of amides is 1. The second kappa shape index (κ2) is 6.15. The molecule has 1 amide bonds. The van der Waals surface area contributed by atoms with Gasteiger partial charge in [0.25, 0.3) is 0 Å². The Morgan fingerprint density at radius 1 is 1.24 bits per heavy atom. The summed E-state index contributed by atoms with van der Waals surface area (Å²) in [5, 5.41) is 10.4. The molecule has 0 aliphatic heterocycles. The maximum absolute atomic E-state index is 12.9. The molecule has 2 unspecified atom stereocenters. The van der Waals surface area contributed by atoms with E-state index >= 15 is 0 Å². The van der Waals surface area contributed by atoms with Crippen LogP contribution in [-0.2, 0) is 9.59 Å². The summed E-state index contributed by atoms with van der Waals surface area (Å²) in [5.74, 6) is -3.95. The average molecular weight is 303 g/mol. The van der Waals surface area contributed by atoms with Crippen molar-refractivity contribution in [2.24, 2.45) is 0 Å². The number of aliphatic carboxylic acids is 1. The number of carbonyl (C=O) groups excluding carboxylic acids is 1. The Balaban J connectivity index is 3.04. The molecule has 116 valence electrons. The summed E-state index contributed by atoms with van der Waals surface area (Å²) in [5.41, 5.74) is -2.78. The lowest BCUT2D eigenvalue weighted by Gasteiger charge is -2.30. The van der Waals surface area contributed by atoms with Gasteiger partial charge < -0.3 is 10.4 Å². The number of carbonyl (C=O) groups is 2. The van der Waals surface area contributed by atoms with Crippen LogP contribution in [0.3, 0.4) is 0 Å². The number of hydrogen-bond acceptors (Lipinski definition) is 2. The van der Waals surface area contributed by atoms with Gasteiger partial charge >= 0.3 is 12.1 Å². The lowest BCUT2D eigenvalue weighted by atomic mass is 9.93. The monoisotopic (exact) mass is 303 g/mol. The lowest BCUT2D eigenvalue weighted by Crippen LogP contribution is -2.62. The molecule has 7 heteroatoms. The maximum atomic E-state index is 12.9. The zero-order valence-electron chi connectivity index (χ0n) is 11.6. The molecule has 1 rings (SSSR count). The molecular formula is C14H16F3NO3. The van der Waals surface area contributed by atoms with Crippen LogP contribution in [0.5, 0.6) is 0 Å². The van der Waals surface area contributed by atoms with Crippen molar-refractivity contribution >= 4 is 11.9 Å².